The van der Waals surface area contributed by atoms with E-state index in [0.717, 1.165) is 5.56 Å². The summed E-state index contributed by atoms with van der Waals surface area (Å²) in [5, 5.41) is 10.8. The highest BCUT2D eigenvalue weighted by atomic mass is 16.6. The van der Waals surface area contributed by atoms with E-state index in [1.807, 2.05) is 30.3 Å². The largest absolute Gasteiger partial charge is 0.373 e. The van der Waals surface area contributed by atoms with Crippen LogP contribution in [0.1, 0.15) is 11.4 Å². The van der Waals surface area contributed by atoms with Gasteiger partial charge >= 0.3 is 5.82 Å². The molecule has 0 aliphatic carbocycles. The van der Waals surface area contributed by atoms with Crippen molar-refractivity contribution in [1.29, 1.82) is 0 Å². The van der Waals surface area contributed by atoms with E-state index in [4.69, 9.17) is 4.74 Å². The van der Waals surface area contributed by atoms with Crippen molar-refractivity contribution < 1.29 is 9.66 Å². The Bertz CT molecular complexity index is 552. The Balaban J connectivity index is 1.86. The molecule has 1 aromatic heterocycles. The normalized spacial score (nSPS) is 10.6. The molecule has 0 saturated carbocycles. The first-order valence-electron chi connectivity index (χ1n) is 5.96. The predicted molar refractivity (Wildman–Crippen MR) is 69.7 cm³/mol. The van der Waals surface area contributed by atoms with Crippen molar-refractivity contribution in [3.05, 3.63) is 58.0 Å². The average molecular weight is 261 g/mol. The second-order valence-electron chi connectivity index (χ2n) is 4.11. The fourth-order valence-electron chi connectivity index (χ4n) is 1.80. The Morgan fingerprint density at radius 1 is 1.37 bits per heavy atom. The Morgan fingerprint density at radius 3 is 2.79 bits per heavy atom. The molecular formula is C13H15N3O3. The van der Waals surface area contributed by atoms with Gasteiger partial charge < -0.3 is 14.9 Å². The summed E-state index contributed by atoms with van der Waals surface area (Å²) in [5.74, 6) is 0.621. The van der Waals surface area contributed by atoms with E-state index in [2.05, 4.69) is 4.98 Å². The number of imidazole rings is 1. The number of aryl methyl sites for hydroxylation is 1. The quantitative estimate of drug-likeness (QED) is 0.454. The lowest BCUT2D eigenvalue weighted by molar-refractivity contribution is -0.392. The second-order valence-corrected chi connectivity index (χ2v) is 4.11. The van der Waals surface area contributed by atoms with Crippen LogP contribution in [0.5, 0.6) is 0 Å². The lowest BCUT2D eigenvalue weighted by Gasteiger charge is -2.05. The van der Waals surface area contributed by atoms with Crippen LogP contribution in [0.25, 0.3) is 0 Å². The minimum absolute atomic E-state index is 0.000751. The van der Waals surface area contributed by atoms with Crippen molar-refractivity contribution in [2.24, 2.45) is 0 Å². The van der Waals surface area contributed by atoms with Gasteiger partial charge in [-0.1, -0.05) is 30.3 Å². The van der Waals surface area contributed by atoms with Crippen LogP contribution in [-0.4, -0.2) is 21.1 Å². The van der Waals surface area contributed by atoms with Crippen LogP contribution in [0.2, 0.25) is 0 Å². The number of hydrogen-bond acceptors (Lipinski definition) is 4. The number of nitro groups is 1. The molecule has 1 heterocycles. The van der Waals surface area contributed by atoms with Crippen molar-refractivity contribution >= 4 is 5.82 Å². The molecule has 0 unspecified atom stereocenters. The minimum Gasteiger partial charge on any atom is -0.373 e. The maximum atomic E-state index is 10.8. The molecule has 0 bridgehead atoms. The van der Waals surface area contributed by atoms with E-state index in [-0.39, 0.29) is 5.82 Å². The molecule has 6 heteroatoms. The number of hydrogen-bond donors (Lipinski definition) is 0. The number of benzene rings is 1. The zero-order valence-corrected chi connectivity index (χ0v) is 10.7. The Hall–Kier alpha value is -2.21. The fourth-order valence-corrected chi connectivity index (χ4v) is 1.80. The van der Waals surface area contributed by atoms with Gasteiger partial charge in [0.25, 0.3) is 0 Å². The van der Waals surface area contributed by atoms with E-state index in [1.54, 1.807) is 11.5 Å². The molecule has 2 aromatic rings. The zero-order chi connectivity index (χ0) is 13.7. The number of nitrogens with zero attached hydrogens (tertiary/aromatic N) is 3. The monoisotopic (exact) mass is 261 g/mol. The fraction of sp³-hybridized carbons (Fsp3) is 0.308. The molecule has 0 radical (unpaired) electrons. The highest BCUT2D eigenvalue weighted by molar-refractivity contribution is 5.18. The maximum absolute atomic E-state index is 10.8. The van der Waals surface area contributed by atoms with Crippen LogP contribution >= 0.6 is 0 Å². The first kappa shape index (κ1) is 13.2. The van der Waals surface area contributed by atoms with Gasteiger partial charge in [-0.15, -0.1) is 0 Å². The summed E-state index contributed by atoms with van der Waals surface area (Å²) < 4.78 is 7.06. The van der Waals surface area contributed by atoms with Gasteiger partial charge in [-0.05, 0) is 10.5 Å². The molecule has 0 amide bonds. The maximum Gasteiger partial charge on any atom is 0.342 e. The molecule has 0 atom stereocenters. The highest BCUT2D eigenvalue weighted by Gasteiger charge is 2.16. The third kappa shape index (κ3) is 3.38. The van der Waals surface area contributed by atoms with Gasteiger partial charge in [0.2, 0.25) is 0 Å². The van der Waals surface area contributed by atoms with E-state index in [9.17, 15) is 10.1 Å². The Morgan fingerprint density at radius 2 is 2.11 bits per heavy atom. The van der Waals surface area contributed by atoms with Crippen LogP contribution in [0.15, 0.2) is 36.5 Å². The second kappa shape index (κ2) is 6.10. The van der Waals surface area contributed by atoms with Crippen molar-refractivity contribution in [2.75, 3.05) is 6.61 Å². The Kier molecular flexibility index (Phi) is 4.25. The highest BCUT2D eigenvalue weighted by Crippen LogP contribution is 2.13. The predicted octanol–water partition coefficient (Wildman–Crippen LogP) is 2.32. The van der Waals surface area contributed by atoms with Gasteiger partial charge in [-0.25, -0.2) is 9.55 Å². The van der Waals surface area contributed by atoms with Gasteiger partial charge in [-0.2, -0.15) is 0 Å². The molecule has 0 saturated heterocycles. The smallest absolute Gasteiger partial charge is 0.342 e. The van der Waals surface area contributed by atoms with Crippen LogP contribution in [0.3, 0.4) is 0 Å². The third-order valence-corrected chi connectivity index (χ3v) is 2.79. The molecular weight excluding hydrogens is 246 g/mol. The summed E-state index contributed by atoms with van der Waals surface area (Å²) >= 11 is 0. The zero-order valence-electron chi connectivity index (χ0n) is 10.7. The van der Waals surface area contributed by atoms with Crippen molar-refractivity contribution in [3.63, 3.8) is 0 Å². The molecule has 2 rings (SSSR count). The first-order valence-corrected chi connectivity index (χ1v) is 5.96. The topological polar surface area (TPSA) is 70.2 Å². The van der Waals surface area contributed by atoms with Crippen LogP contribution in [0, 0.1) is 17.0 Å². The molecule has 0 N–H and O–H groups in total. The third-order valence-electron chi connectivity index (χ3n) is 2.79. The van der Waals surface area contributed by atoms with Crippen molar-refractivity contribution in [2.45, 2.75) is 20.1 Å². The number of aromatic nitrogens is 2. The van der Waals surface area contributed by atoms with Crippen LogP contribution in [0.4, 0.5) is 5.82 Å². The van der Waals surface area contributed by atoms with Gasteiger partial charge in [0.05, 0.1) is 13.2 Å². The van der Waals surface area contributed by atoms with Gasteiger partial charge in [0.15, 0.2) is 5.82 Å². The molecule has 0 fully saturated rings. The van der Waals surface area contributed by atoms with Crippen molar-refractivity contribution in [3.8, 4) is 0 Å². The summed E-state index contributed by atoms with van der Waals surface area (Å²) in [4.78, 5) is 14.3. The standard InChI is InChI=1S/C13H15N3O3/c1-11-14-9-13(16(17)18)15(11)7-8-19-10-12-5-3-2-4-6-12/h2-6,9H,7-8,10H2,1H3. The van der Waals surface area contributed by atoms with E-state index in [0.29, 0.717) is 25.6 Å². The van der Waals surface area contributed by atoms with Crippen LogP contribution < -0.4 is 0 Å². The van der Waals surface area contributed by atoms with Gasteiger partial charge in [0, 0.05) is 6.92 Å². The number of ether oxygens (including phenoxy) is 1. The molecule has 6 nitrogen and oxygen atoms in total. The Labute approximate surface area is 110 Å². The molecule has 0 spiro atoms. The molecule has 0 aliphatic heterocycles. The number of rotatable bonds is 6. The average Bonchev–Trinajstić information content (AvgIpc) is 2.77. The molecule has 1 aromatic carbocycles. The molecule has 19 heavy (non-hydrogen) atoms. The summed E-state index contributed by atoms with van der Waals surface area (Å²) in [7, 11) is 0. The molecule has 0 aliphatic rings. The van der Waals surface area contributed by atoms with E-state index in [1.165, 1.54) is 6.20 Å². The first-order chi connectivity index (χ1) is 9.18. The minimum atomic E-state index is -0.433. The summed E-state index contributed by atoms with van der Waals surface area (Å²) in [6, 6.07) is 9.80. The lowest BCUT2D eigenvalue weighted by Crippen LogP contribution is -2.10. The van der Waals surface area contributed by atoms with E-state index < -0.39 is 4.92 Å². The van der Waals surface area contributed by atoms with Crippen LogP contribution in [-0.2, 0) is 17.9 Å². The van der Waals surface area contributed by atoms with Crippen molar-refractivity contribution in [1.82, 2.24) is 9.55 Å². The van der Waals surface area contributed by atoms with E-state index >= 15 is 0 Å². The molecule has 100 valence electrons. The lowest BCUT2D eigenvalue weighted by atomic mass is 10.2. The van der Waals surface area contributed by atoms with Gasteiger partial charge in [-0.3, -0.25) is 0 Å². The summed E-state index contributed by atoms with van der Waals surface area (Å²) in [6.07, 6.45) is 1.27. The summed E-state index contributed by atoms with van der Waals surface area (Å²) in [5.41, 5.74) is 1.08. The van der Waals surface area contributed by atoms with Gasteiger partial charge in [0.1, 0.15) is 12.7 Å². The summed E-state index contributed by atoms with van der Waals surface area (Å²) in [6.45, 7) is 3.08. The SMILES string of the molecule is Cc1ncc([N+](=O)[O-])n1CCOCc1ccccc1.